The topological polar surface area (TPSA) is 110 Å². The summed E-state index contributed by atoms with van der Waals surface area (Å²) in [6.07, 6.45) is 6.05. The summed E-state index contributed by atoms with van der Waals surface area (Å²) < 4.78 is 31.1. The van der Waals surface area contributed by atoms with Crippen LogP contribution < -0.4 is 0 Å². The Morgan fingerprint density at radius 3 is 1.55 bits per heavy atom. The zero-order valence-corrected chi connectivity index (χ0v) is 17.7. The lowest BCUT2D eigenvalue weighted by molar-refractivity contribution is -0.145. The van der Waals surface area contributed by atoms with Crippen LogP contribution in [-0.4, -0.2) is 89.7 Å². The SMILES string of the molecule is CCCCCCCC(=O)OCCOCCOCCOCCOCCOCC(=O)O. The van der Waals surface area contributed by atoms with E-state index in [1.807, 2.05) is 0 Å². The molecule has 0 heterocycles. The average molecular weight is 423 g/mol. The van der Waals surface area contributed by atoms with Crippen LogP contribution in [0.15, 0.2) is 0 Å². The molecule has 0 aromatic rings. The fourth-order valence-electron chi connectivity index (χ4n) is 2.20. The van der Waals surface area contributed by atoms with Gasteiger partial charge in [-0.1, -0.05) is 32.6 Å². The van der Waals surface area contributed by atoms with Crippen molar-refractivity contribution in [1.29, 1.82) is 0 Å². The maximum atomic E-state index is 11.5. The first-order valence-corrected chi connectivity index (χ1v) is 10.4. The van der Waals surface area contributed by atoms with Gasteiger partial charge in [-0.2, -0.15) is 0 Å². The molecule has 0 saturated heterocycles. The molecular formula is C20H38O9. The van der Waals surface area contributed by atoms with E-state index < -0.39 is 5.97 Å². The lowest BCUT2D eigenvalue weighted by Gasteiger charge is -2.08. The number of aliphatic carboxylic acids is 1. The molecule has 0 aliphatic carbocycles. The Kier molecular flexibility index (Phi) is 22.0. The van der Waals surface area contributed by atoms with Crippen molar-refractivity contribution in [2.45, 2.75) is 45.4 Å². The number of ether oxygens (including phenoxy) is 6. The van der Waals surface area contributed by atoms with Crippen molar-refractivity contribution in [2.24, 2.45) is 0 Å². The molecule has 0 unspecified atom stereocenters. The van der Waals surface area contributed by atoms with E-state index in [1.165, 1.54) is 19.3 Å². The fourth-order valence-corrected chi connectivity index (χ4v) is 2.20. The number of esters is 1. The first-order chi connectivity index (χ1) is 14.2. The highest BCUT2D eigenvalue weighted by atomic mass is 16.6. The monoisotopic (exact) mass is 422 g/mol. The molecule has 0 aliphatic heterocycles. The summed E-state index contributed by atoms with van der Waals surface area (Å²) in [6.45, 7) is 5.72. The van der Waals surface area contributed by atoms with E-state index in [2.05, 4.69) is 6.92 Å². The zero-order valence-electron chi connectivity index (χ0n) is 17.7. The van der Waals surface area contributed by atoms with Crippen molar-refractivity contribution in [3.8, 4) is 0 Å². The summed E-state index contributed by atoms with van der Waals surface area (Å²) in [4.78, 5) is 21.7. The van der Waals surface area contributed by atoms with Crippen LogP contribution in [0.2, 0.25) is 0 Å². The Hall–Kier alpha value is -1.26. The van der Waals surface area contributed by atoms with Gasteiger partial charge in [-0.3, -0.25) is 4.79 Å². The molecule has 0 atom stereocenters. The maximum Gasteiger partial charge on any atom is 0.329 e. The Bertz CT molecular complexity index is 377. The zero-order chi connectivity index (χ0) is 21.4. The van der Waals surface area contributed by atoms with E-state index in [4.69, 9.17) is 33.5 Å². The quantitative estimate of drug-likeness (QED) is 0.195. The van der Waals surface area contributed by atoms with Crippen molar-refractivity contribution >= 4 is 11.9 Å². The first kappa shape index (κ1) is 27.7. The minimum Gasteiger partial charge on any atom is -0.480 e. The number of rotatable bonds is 23. The summed E-state index contributed by atoms with van der Waals surface area (Å²) >= 11 is 0. The van der Waals surface area contributed by atoms with E-state index in [1.54, 1.807) is 0 Å². The van der Waals surface area contributed by atoms with Crippen LogP contribution in [-0.2, 0) is 38.0 Å². The molecule has 0 aromatic carbocycles. The Morgan fingerprint density at radius 1 is 0.621 bits per heavy atom. The van der Waals surface area contributed by atoms with Gasteiger partial charge in [-0.15, -0.1) is 0 Å². The molecule has 9 nitrogen and oxygen atoms in total. The molecule has 0 saturated carbocycles. The number of carbonyl (C=O) groups excluding carboxylic acids is 1. The third-order valence-corrected chi connectivity index (χ3v) is 3.69. The van der Waals surface area contributed by atoms with Gasteiger partial charge in [-0.05, 0) is 6.42 Å². The number of hydrogen-bond donors (Lipinski definition) is 1. The standard InChI is InChI=1S/C20H38O9/c1-2-3-4-5-6-7-20(23)29-17-16-27-13-12-25-9-8-24-10-11-26-14-15-28-18-19(21)22/h2-18H2,1H3,(H,21,22). The lowest BCUT2D eigenvalue weighted by Crippen LogP contribution is -2.15. The molecule has 0 radical (unpaired) electrons. The summed E-state index contributed by atoms with van der Waals surface area (Å²) in [5.41, 5.74) is 0. The highest BCUT2D eigenvalue weighted by Gasteiger charge is 2.02. The lowest BCUT2D eigenvalue weighted by atomic mass is 10.1. The number of carboxylic acids is 1. The highest BCUT2D eigenvalue weighted by molar-refractivity contribution is 5.69. The van der Waals surface area contributed by atoms with Crippen molar-refractivity contribution in [2.75, 3.05) is 72.7 Å². The van der Waals surface area contributed by atoms with Crippen molar-refractivity contribution in [3.63, 3.8) is 0 Å². The Labute approximate surface area is 173 Å². The minimum atomic E-state index is -0.995. The Balaban J connectivity index is 3.11. The van der Waals surface area contributed by atoms with Gasteiger partial charge in [0.2, 0.25) is 0 Å². The van der Waals surface area contributed by atoms with Crippen LogP contribution in [0.1, 0.15) is 45.4 Å². The van der Waals surface area contributed by atoms with Crippen LogP contribution in [0.4, 0.5) is 0 Å². The van der Waals surface area contributed by atoms with Gasteiger partial charge in [-0.25, -0.2) is 4.79 Å². The molecule has 0 bridgehead atoms. The predicted molar refractivity (Wildman–Crippen MR) is 106 cm³/mol. The van der Waals surface area contributed by atoms with E-state index >= 15 is 0 Å². The van der Waals surface area contributed by atoms with Crippen LogP contribution in [0, 0.1) is 0 Å². The predicted octanol–water partition coefficient (Wildman–Crippen LogP) is 2.06. The van der Waals surface area contributed by atoms with Gasteiger partial charge >= 0.3 is 11.9 Å². The number of unbranched alkanes of at least 4 members (excludes halogenated alkanes) is 4. The van der Waals surface area contributed by atoms with Crippen molar-refractivity contribution in [1.82, 2.24) is 0 Å². The molecule has 1 N–H and O–H groups in total. The molecule has 0 spiro atoms. The molecule has 0 rings (SSSR count). The van der Waals surface area contributed by atoms with Gasteiger partial charge in [0.15, 0.2) is 0 Å². The summed E-state index contributed by atoms with van der Waals surface area (Å²) in [5.74, 6) is -1.15. The molecule has 9 heteroatoms. The fraction of sp³-hybridized carbons (Fsp3) is 0.900. The number of hydrogen-bond acceptors (Lipinski definition) is 8. The largest absolute Gasteiger partial charge is 0.480 e. The number of carbonyl (C=O) groups is 2. The van der Waals surface area contributed by atoms with Gasteiger partial charge in [0.05, 0.1) is 59.5 Å². The molecular weight excluding hydrogens is 384 g/mol. The van der Waals surface area contributed by atoms with Gasteiger partial charge in [0.25, 0.3) is 0 Å². The second-order valence-corrected chi connectivity index (χ2v) is 6.28. The molecule has 0 fully saturated rings. The van der Waals surface area contributed by atoms with Crippen molar-refractivity contribution < 1.29 is 43.1 Å². The van der Waals surface area contributed by atoms with Gasteiger partial charge < -0.3 is 33.5 Å². The normalized spacial score (nSPS) is 10.9. The van der Waals surface area contributed by atoms with Crippen molar-refractivity contribution in [3.05, 3.63) is 0 Å². The maximum absolute atomic E-state index is 11.5. The first-order valence-electron chi connectivity index (χ1n) is 10.4. The summed E-state index contributed by atoms with van der Waals surface area (Å²) in [5, 5.41) is 8.37. The minimum absolute atomic E-state index is 0.157. The smallest absolute Gasteiger partial charge is 0.329 e. The van der Waals surface area contributed by atoms with Gasteiger partial charge in [0.1, 0.15) is 13.2 Å². The Morgan fingerprint density at radius 2 is 1.07 bits per heavy atom. The summed E-state index contributed by atoms with van der Waals surface area (Å²) in [6, 6.07) is 0. The van der Waals surface area contributed by atoms with E-state index in [-0.39, 0.29) is 25.8 Å². The van der Waals surface area contributed by atoms with E-state index in [0.29, 0.717) is 59.3 Å². The van der Waals surface area contributed by atoms with E-state index in [9.17, 15) is 9.59 Å². The molecule has 0 aromatic heterocycles. The van der Waals surface area contributed by atoms with Crippen LogP contribution in [0.25, 0.3) is 0 Å². The molecule has 0 amide bonds. The number of carboxylic acid groups (broad SMARTS) is 1. The van der Waals surface area contributed by atoms with Crippen LogP contribution >= 0.6 is 0 Å². The van der Waals surface area contributed by atoms with E-state index in [0.717, 1.165) is 12.8 Å². The van der Waals surface area contributed by atoms with Gasteiger partial charge in [0, 0.05) is 6.42 Å². The highest BCUT2D eigenvalue weighted by Crippen LogP contribution is 2.05. The second kappa shape index (κ2) is 23.0. The molecule has 0 aliphatic rings. The molecule has 29 heavy (non-hydrogen) atoms. The second-order valence-electron chi connectivity index (χ2n) is 6.28. The third kappa shape index (κ3) is 24.7. The third-order valence-electron chi connectivity index (χ3n) is 3.69. The van der Waals surface area contributed by atoms with Crippen LogP contribution in [0.5, 0.6) is 0 Å². The molecule has 172 valence electrons. The van der Waals surface area contributed by atoms with Crippen LogP contribution in [0.3, 0.4) is 0 Å². The average Bonchev–Trinajstić information content (AvgIpc) is 2.70. The summed E-state index contributed by atoms with van der Waals surface area (Å²) in [7, 11) is 0.